The predicted octanol–water partition coefficient (Wildman–Crippen LogP) is 3.55. The minimum atomic E-state index is 0.205. The molecule has 106 valence electrons. The summed E-state index contributed by atoms with van der Waals surface area (Å²) in [6.45, 7) is 2.89. The van der Waals surface area contributed by atoms with Gasteiger partial charge in [0.1, 0.15) is 11.5 Å². The Morgan fingerprint density at radius 3 is 2.20 bits per heavy atom. The first-order chi connectivity index (χ1) is 9.76. The molecule has 0 amide bonds. The lowest BCUT2D eigenvalue weighted by atomic mass is 10.1. The van der Waals surface area contributed by atoms with Crippen molar-refractivity contribution in [3.8, 4) is 11.5 Å². The molecule has 0 aliphatic carbocycles. The van der Waals surface area contributed by atoms with Crippen LogP contribution < -0.4 is 14.8 Å². The van der Waals surface area contributed by atoms with Crippen molar-refractivity contribution in [2.45, 2.75) is 19.5 Å². The quantitative estimate of drug-likeness (QED) is 0.871. The smallest absolute Gasteiger partial charge is 0.123 e. The van der Waals surface area contributed by atoms with Crippen LogP contribution in [0.5, 0.6) is 11.5 Å². The average molecular weight is 271 g/mol. The number of nitrogens with one attached hydrogen (secondary N) is 1. The summed E-state index contributed by atoms with van der Waals surface area (Å²) >= 11 is 0. The van der Waals surface area contributed by atoms with Crippen LogP contribution in [0.25, 0.3) is 0 Å². The van der Waals surface area contributed by atoms with Crippen LogP contribution in [0, 0.1) is 0 Å². The van der Waals surface area contributed by atoms with E-state index in [9.17, 15) is 0 Å². The SMILES string of the molecule is COc1ccccc1CNC(C)c1ccccc1OC. The molecule has 3 heteroatoms. The van der Waals surface area contributed by atoms with E-state index in [0.717, 1.165) is 29.2 Å². The third-order valence-electron chi connectivity index (χ3n) is 3.40. The number of rotatable bonds is 6. The van der Waals surface area contributed by atoms with Crippen molar-refractivity contribution < 1.29 is 9.47 Å². The van der Waals surface area contributed by atoms with Gasteiger partial charge >= 0.3 is 0 Å². The summed E-state index contributed by atoms with van der Waals surface area (Å²) < 4.78 is 10.8. The van der Waals surface area contributed by atoms with Gasteiger partial charge in [-0.05, 0) is 19.1 Å². The molecule has 2 aromatic rings. The molecule has 0 saturated heterocycles. The molecule has 2 rings (SSSR count). The lowest BCUT2D eigenvalue weighted by molar-refractivity contribution is 0.397. The minimum Gasteiger partial charge on any atom is -0.496 e. The molecule has 1 N–H and O–H groups in total. The number of hydrogen-bond donors (Lipinski definition) is 1. The maximum absolute atomic E-state index is 5.40. The first-order valence-electron chi connectivity index (χ1n) is 6.74. The highest BCUT2D eigenvalue weighted by molar-refractivity contribution is 5.36. The van der Waals surface area contributed by atoms with Crippen LogP contribution in [0.15, 0.2) is 48.5 Å². The Kier molecular flexibility index (Phi) is 5.02. The molecule has 0 aliphatic heterocycles. The Hall–Kier alpha value is -2.00. The van der Waals surface area contributed by atoms with E-state index in [4.69, 9.17) is 9.47 Å². The van der Waals surface area contributed by atoms with E-state index >= 15 is 0 Å². The zero-order chi connectivity index (χ0) is 14.4. The Labute approximate surface area is 120 Å². The van der Waals surface area contributed by atoms with Crippen LogP contribution in [0.2, 0.25) is 0 Å². The van der Waals surface area contributed by atoms with Crippen LogP contribution in [0.1, 0.15) is 24.1 Å². The molecule has 0 bridgehead atoms. The molecular weight excluding hydrogens is 250 g/mol. The zero-order valence-corrected chi connectivity index (χ0v) is 12.2. The molecule has 1 unspecified atom stereocenters. The number of ether oxygens (including phenoxy) is 2. The first kappa shape index (κ1) is 14.4. The number of para-hydroxylation sites is 2. The van der Waals surface area contributed by atoms with E-state index in [1.54, 1.807) is 14.2 Å². The highest BCUT2D eigenvalue weighted by Crippen LogP contribution is 2.25. The fourth-order valence-corrected chi connectivity index (χ4v) is 2.25. The molecular formula is C17H21NO2. The molecule has 0 saturated carbocycles. The fraction of sp³-hybridized carbons (Fsp3) is 0.294. The minimum absolute atomic E-state index is 0.205. The van der Waals surface area contributed by atoms with E-state index in [0.29, 0.717) is 0 Å². The maximum Gasteiger partial charge on any atom is 0.123 e. The summed E-state index contributed by atoms with van der Waals surface area (Å²) in [5.41, 5.74) is 2.31. The van der Waals surface area contributed by atoms with Crippen molar-refractivity contribution in [3.05, 3.63) is 59.7 Å². The summed E-state index contributed by atoms with van der Waals surface area (Å²) in [7, 11) is 3.40. The van der Waals surface area contributed by atoms with Gasteiger partial charge in [0.2, 0.25) is 0 Å². The summed E-state index contributed by atoms with van der Waals surface area (Å²) in [5.74, 6) is 1.82. The lowest BCUT2D eigenvalue weighted by Crippen LogP contribution is -2.19. The second kappa shape index (κ2) is 6.96. The molecule has 0 fully saturated rings. The third-order valence-corrected chi connectivity index (χ3v) is 3.40. The number of methoxy groups -OCH3 is 2. The van der Waals surface area contributed by atoms with Crippen LogP contribution in [-0.2, 0) is 6.54 Å². The number of hydrogen-bond acceptors (Lipinski definition) is 3. The first-order valence-corrected chi connectivity index (χ1v) is 6.74. The second-order valence-electron chi connectivity index (χ2n) is 4.66. The Morgan fingerprint density at radius 1 is 0.900 bits per heavy atom. The third kappa shape index (κ3) is 3.31. The summed E-state index contributed by atoms with van der Waals surface area (Å²) in [4.78, 5) is 0. The standard InChI is InChI=1S/C17H21NO2/c1-13(15-9-5-7-11-17(15)20-3)18-12-14-8-4-6-10-16(14)19-2/h4-11,13,18H,12H2,1-3H3. The van der Waals surface area contributed by atoms with E-state index in [1.165, 1.54) is 0 Å². The van der Waals surface area contributed by atoms with Crippen LogP contribution >= 0.6 is 0 Å². The molecule has 0 radical (unpaired) electrons. The molecule has 0 aromatic heterocycles. The van der Waals surface area contributed by atoms with Gasteiger partial charge in [0.05, 0.1) is 14.2 Å². The van der Waals surface area contributed by atoms with Crippen molar-refractivity contribution in [2.24, 2.45) is 0 Å². The molecule has 0 heterocycles. The summed E-state index contributed by atoms with van der Waals surface area (Å²) in [5, 5.41) is 3.50. The van der Waals surface area contributed by atoms with Crippen molar-refractivity contribution in [1.82, 2.24) is 5.32 Å². The Morgan fingerprint density at radius 2 is 1.50 bits per heavy atom. The van der Waals surface area contributed by atoms with E-state index in [2.05, 4.69) is 24.4 Å². The molecule has 1 atom stereocenters. The van der Waals surface area contributed by atoms with Gasteiger partial charge < -0.3 is 14.8 Å². The van der Waals surface area contributed by atoms with Gasteiger partial charge in [-0.25, -0.2) is 0 Å². The van der Waals surface area contributed by atoms with E-state index in [-0.39, 0.29) is 6.04 Å². The summed E-state index contributed by atoms with van der Waals surface area (Å²) in [6.07, 6.45) is 0. The van der Waals surface area contributed by atoms with Gasteiger partial charge in [-0.15, -0.1) is 0 Å². The Bertz CT molecular complexity index is 554. The lowest BCUT2D eigenvalue weighted by Gasteiger charge is -2.18. The van der Waals surface area contributed by atoms with Crippen molar-refractivity contribution in [2.75, 3.05) is 14.2 Å². The molecule has 3 nitrogen and oxygen atoms in total. The van der Waals surface area contributed by atoms with Crippen molar-refractivity contribution >= 4 is 0 Å². The van der Waals surface area contributed by atoms with Crippen LogP contribution in [0.4, 0.5) is 0 Å². The molecule has 0 aliphatic rings. The van der Waals surface area contributed by atoms with Gasteiger partial charge in [0.25, 0.3) is 0 Å². The van der Waals surface area contributed by atoms with Gasteiger partial charge in [0.15, 0.2) is 0 Å². The Balaban J connectivity index is 2.07. The maximum atomic E-state index is 5.40. The summed E-state index contributed by atoms with van der Waals surface area (Å²) in [6, 6.07) is 16.3. The van der Waals surface area contributed by atoms with E-state index < -0.39 is 0 Å². The van der Waals surface area contributed by atoms with Crippen LogP contribution in [0.3, 0.4) is 0 Å². The van der Waals surface area contributed by atoms with Crippen molar-refractivity contribution in [3.63, 3.8) is 0 Å². The molecule has 20 heavy (non-hydrogen) atoms. The predicted molar refractivity (Wildman–Crippen MR) is 81.2 cm³/mol. The van der Waals surface area contributed by atoms with Gasteiger partial charge in [-0.3, -0.25) is 0 Å². The monoisotopic (exact) mass is 271 g/mol. The second-order valence-corrected chi connectivity index (χ2v) is 4.66. The average Bonchev–Trinajstić information content (AvgIpc) is 2.52. The fourth-order valence-electron chi connectivity index (χ4n) is 2.25. The van der Waals surface area contributed by atoms with Crippen LogP contribution in [-0.4, -0.2) is 14.2 Å². The van der Waals surface area contributed by atoms with Gasteiger partial charge in [-0.1, -0.05) is 36.4 Å². The van der Waals surface area contributed by atoms with Gasteiger partial charge in [-0.2, -0.15) is 0 Å². The van der Waals surface area contributed by atoms with Crippen molar-refractivity contribution in [1.29, 1.82) is 0 Å². The van der Waals surface area contributed by atoms with E-state index in [1.807, 2.05) is 36.4 Å². The highest BCUT2D eigenvalue weighted by atomic mass is 16.5. The number of benzene rings is 2. The largest absolute Gasteiger partial charge is 0.496 e. The molecule has 2 aromatic carbocycles. The zero-order valence-electron chi connectivity index (χ0n) is 12.2. The topological polar surface area (TPSA) is 30.5 Å². The molecule has 0 spiro atoms. The normalized spacial score (nSPS) is 11.9. The van der Waals surface area contributed by atoms with Gasteiger partial charge in [0, 0.05) is 23.7 Å². The highest BCUT2D eigenvalue weighted by Gasteiger charge is 2.11.